The predicted molar refractivity (Wildman–Crippen MR) is 81.6 cm³/mol. The van der Waals surface area contributed by atoms with Crippen LogP contribution in [0.3, 0.4) is 0 Å². The summed E-state index contributed by atoms with van der Waals surface area (Å²) in [6.07, 6.45) is 6.56. The third-order valence-corrected chi connectivity index (χ3v) is 1.73. The Morgan fingerprint density at radius 3 is 1.89 bits per heavy atom. The number of nitrogens with zero attached hydrogens (tertiary/aromatic N) is 1. The van der Waals surface area contributed by atoms with Crippen molar-refractivity contribution in [2.75, 3.05) is 30.3 Å². The topological polar surface area (TPSA) is 91.9 Å². The average molecular weight is 332 g/mol. The fourth-order valence-electron chi connectivity index (χ4n) is 0.434. The number of rotatable bonds is 1. The molecule has 6 nitrogen and oxygen atoms in total. The highest BCUT2D eigenvalue weighted by Crippen LogP contribution is 2.09. The van der Waals surface area contributed by atoms with Crippen molar-refractivity contribution in [2.24, 2.45) is 0 Å². The summed E-state index contributed by atoms with van der Waals surface area (Å²) in [6, 6.07) is 0. The van der Waals surface area contributed by atoms with Gasteiger partial charge in [0, 0.05) is 53.5 Å². The first-order valence-corrected chi connectivity index (χ1v) is 9.64. The number of hydrogen-bond donors (Lipinski definition) is 2. The van der Waals surface area contributed by atoms with Gasteiger partial charge in [-0.1, -0.05) is 11.3 Å². The summed E-state index contributed by atoms with van der Waals surface area (Å²) in [5.74, 6) is -0.141. The maximum Gasteiger partial charge on any atom is 0.223 e. The van der Waals surface area contributed by atoms with Crippen molar-refractivity contribution in [1.29, 1.82) is 0 Å². The smallest absolute Gasteiger partial charge is 0.223 e. The Labute approximate surface area is 120 Å². The van der Waals surface area contributed by atoms with Crippen molar-refractivity contribution >= 4 is 56.2 Å². The maximum atomic E-state index is 10.4. The van der Waals surface area contributed by atoms with E-state index in [0.29, 0.717) is 9.09 Å². The molecule has 18 heavy (non-hydrogen) atoms. The van der Waals surface area contributed by atoms with Gasteiger partial charge in [-0.3, -0.25) is 18.3 Å². The number of carbonyl (C=O) groups is 1. The van der Waals surface area contributed by atoms with E-state index in [0.717, 1.165) is 0 Å². The van der Waals surface area contributed by atoms with Gasteiger partial charge in [0.05, 0.1) is 0 Å². The molecule has 2 N–H and O–H groups in total. The molecule has 1 rings (SSSR count). The number of nitrogens with one attached hydrogen (secondary N) is 2. The Morgan fingerprint density at radius 2 is 1.67 bits per heavy atom. The maximum absolute atomic E-state index is 10.4. The van der Waals surface area contributed by atoms with Gasteiger partial charge < -0.3 is 5.32 Å². The zero-order valence-corrected chi connectivity index (χ0v) is 14.1. The van der Waals surface area contributed by atoms with E-state index < -0.39 is 21.6 Å². The van der Waals surface area contributed by atoms with E-state index in [-0.39, 0.29) is 5.91 Å². The molecular weight excluding hydrogens is 314 g/mol. The summed E-state index contributed by atoms with van der Waals surface area (Å²) < 4.78 is 19.7. The zero-order chi connectivity index (χ0) is 14.7. The largest absolute Gasteiger partial charge is 0.301 e. The molecule has 0 fully saturated rings. The van der Waals surface area contributed by atoms with E-state index in [9.17, 15) is 13.2 Å². The monoisotopic (exact) mass is 331 g/mol. The van der Waals surface area contributed by atoms with Crippen LogP contribution in [0.1, 0.15) is 6.92 Å². The van der Waals surface area contributed by atoms with Crippen LogP contribution in [0.25, 0.3) is 0 Å². The lowest BCUT2D eigenvalue weighted by Gasteiger charge is -1.89. The van der Waals surface area contributed by atoms with Gasteiger partial charge in [-0.05, 0) is 12.2 Å². The van der Waals surface area contributed by atoms with E-state index >= 15 is 0 Å². The molecule has 1 amide bonds. The van der Waals surface area contributed by atoms with Crippen LogP contribution in [0.2, 0.25) is 0 Å². The van der Waals surface area contributed by atoms with E-state index in [4.69, 9.17) is 12.2 Å². The van der Waals surface area contributed by atoms with Crippen molar-refractivity contribution in [3.05, 3.63) is 3.95 Å². The molecule has 106 valence electrons. The SMILES string of the molecule is CC(=O)Nc1n[nH]c(=S)s1.CS(C)=O.CS(C)=O. The number of aromatic amines is 1. The first kappa shape index (κ1) is 19.9. The number of hydrogen-bond acceptors (Lipinski definition) is 6. The number of amides is 1. The lowest BCUT2D eigenvalue weighted by Crippen LogP contribution is -2.04. The van der Waals surface area contributed by atoms with E-state index in [2.05, 4.69) is 15.5 Å². The second-order valence-electron chi connectivity index (χ2n) is 3.08. The fraction of sp³-hybridized carbons (Fsp3) is 0.625. The third-order valence-electron chi connectivity index (χ3n) is 0.721. The minimum Gasteiger partial charge on any atom is -0.301 e. The zero-order valence-electron chi connectivity index (χ0n) is 10.8. The molecule has 0 atom stereocenters. The van der Waals surface area contributed by atoms with Crippen LogP contribution >= 0.6 is 23.6 Å². The molecule has 10 heteroatoms. The molecule has 1 aromatic heterocycles. The quantitative estimate of drug-likeness (QED) is 0.753. The standard InChI is InChI=1S/C4H5N3OS2.2C2H6OS/c1-2(8)5-3-6-7-4(9)10-3;2*1-4(2)3/h1H3,(H,7,9)(H,5,6,8);2*1-2H3. The van der Waals surface area contributed by atoms with Gasteiger partial charge in [-0.25, -0.2) is 0 Å². The molecule has 1 aromatic rings. The number of anilines is 1. The van der Waals surface area contributed by atoms with Gasteiger partial charge in [-0.15, -0.1) is 5.10 Å². The highest BCUT2D eigenvalue weighted by molar-refractivity contribution is 7.83. The number of H-pyrrole nitrogens is 1. The normalized spacial score (nSPS) is 9.06. The van der Waals surface area contributed by atoms with E-state index in [1.165, 1.54) is 18.3 Å². The van der Waals surface area contributed by atoms with Gasteiger partial charge in [0.1, 0.15) is 0 Å². The number of aromatic nitrogens is 2. The van der Waals surface area contributed by atoms with Gasteiger partial charge in [0.2, 0.25) is 11.0 Å². The van der Waals surface area contributed by atoms with Crippen LogP contribution in [0, 0.1) is 3.95 Å². The summed E-state index contributed by atoms with van der Waals surface area (Å²) in [4.78, 5) is 10.4. The second kappa shape index (κ2) is 11.6. The average Bonchev–Trinajstić information content (AvgIpc) is 2.47. The summed E-state index contributed by atoms with van der Waals surface area (Å²) >= 11 is 5.97. The van der Waals surface area contributed by atoms with Crippen LogP contribution < -0.4 is 5.32 Å². The lowest BCUT2D eigenvalue weighted by molar-refractivity contribution is -0.114. The van der Waals surface area contributed by atoms with Crippen molar-refractivity contribution < 1.29 is 13.2 Å². The predicted octanol–water partition coefficient (Wildman–Crippen LogP) is 1.15. The molecule has 0 aliphatic heterocycles. The van der Waals surface area contributed by atoms with Crippen molar-refractivity contribution in [3.8, 4) is 0 Å². The molecule has 0 radical (unpaired) electrons. The van der Waals surface area contributed by atoms with Gasteiger partial charge in [0.25, 0.3) is 0 Å². The van der Waals surface area contributed by atoms with E-state index in [1.807, 2.05) is 0 Å². The molecule has 0 aliphatic rings. The summed E-state index contributed by atoms with van der Waals surface area (Å²) in [5, 5.41) is 9.26. The minimum atomic E-state index is -0.611. The van der Waals surface area contributed by atoms with E-state index in [1.54, 1.807) is 25.0 Å². The van der Waals surface area contributed by atoms with Crippen molar-refractivity contribution in [2.45, 2.75) is 6.92 Å². The van der Waals surface area contributed by atoms with Crippen molar-refractivity contribution in [1.82, 2.24) is 10.2 Å². The summed E-state index contributed by atoms with van der Waals surface area (Å²) in [6.45, 7) is 1.42. The van der Waals surface area contributed by atoms with Crippen LogP contribution in [-0.2, 0) is 26.4 Å². The van der Waals surface area contributed by atoms with Crippen LogP contribution in [-0.4, -0.2) is 49.5 Å². The molecule has 0 saturated heterocycles. The highest BCUT2D eigenvalue weighted by atomic mass is 32.2. The van der Waals surface area contributed by atoms with Crippen LogP contribution in [0.5, 0.6) is 0 Å². The molecule has 0 spiro atoms. The highest BCUT2D eigenvalue weighted by Gasteiger charge is 1.96. The molecule has 0 aliphatic carbocycles. The lowest BCUT2D eigenvalue weighted by atomic mass is 10.7. The van der Waals surface area contributed by atoms with Gasteiger partial charge in [-0.2, -0.15) is 0 Å². The summed E-state index contributed by atoms with van der Waals surface area (Å²) in [7, 11) is -1.22. The molecule has 0 aromatic carbocycles. The minimum absolute atomic E-state index is 0.141. The molecule has 0 unspecified atom stereocenters. The van der Waals surface area contributed by atoms with Crippen molar-refractivity contribution in [3.63, 3.8) is 0 Å². The molecular formula is C8H17N3O3S4. The first-order chi connectivity index (χ1) is 8.15. The third kappa shape index (κ3) is 20.9. The molecule has 0 saturated carbocycles. The number of carbonyl (C=O) groups excluding carboxylic acids is 1. The Balaban J connectivity index is 0. The van der Waals surface area contributed by atoms with Gasteiger partial charge in [0.15, 0.2) is 3.95 Å². The summed E-state index contributed by atoms with van der Waals surface area (Å²) in [5.41, 5.74) is 0. The Morgan fingerprint density at radius 1 is 1.28 bits per heavy atom. The molecule has 1 heterocycles. The molecule has 0 bridgehead atoms. The fourth-order valence-corrected chi connectivity index (χ4v) is 1.27. The Kier molecular flexibility index (Phi) is 12.8. The Hall–Kier alpha value is -0.450. The first-order valence-electron chi connectivity index (χ1n) is 4.48. The van der Waals surface area contributed by atoms with Crippen LogP contribution in [0.4, 0.5) is 5.13 Å². The second-order valence-corrected chi connectivity index (χ2v) is 7.71. The Bertz CT molecular complexity index is 434. The van der Waals surface area contributed by atoms with Crippen LogP contribution in [0.15, 0.2) is 0 Å². The van der Waals surface area contributed by atoms with Gasteiger partial charge >= 0.3 is 0 Å².